The third-order valence-electron chi connectivity index (χ3n) is 5.60. The molecule has 5 nitrogen and oxygen atoms in total. The van der Waals surface area contributed by atoms with Crippen molar-refractivity contribution in [3.05, 3.63) is 95.8 Å². The Morgan fingerprint density at radius 3 is 2.33 bits per heavy atom. The first-order valence-electron chi connectivity index (χ1n) is 10.6. The zero-order valence-electron chi connectivity index (χ0n) is 17.1. The second-order valence-corrected chi connectivity index (χ2v) is 7.72. The minimum atomic E-state index is -0.0609. The van der Waals surface area contributed by atoms with Crippen molar-refractivity contribution in [3.63, 3.8) is 0 Å². The van der Waals surface area contributed by atoms with Gasteiger partial charge in [0.15, 0.2) is 0 Å². The Bertz CT molecular complexity index is 920. The number of aromatic nitrogens is 1. The van der Waals surface area contributed by atoms with Gasteiger partial charge in [0.1, 0.15) is 0 Å². The molecule has 30 heavy (non-hydrogen) atoms. The number of hydrogen-bond acceptors (Lipinski definition) is 4. The van der Waals surface area contributed by atoms with Crippen molar-refractivity contribution in [1.29, 1.82) is 0 Å². The fourth-order valence-electron chi connectivity index (χ4n) is 3.81. The summed E-state index contributed by atoms with van der Waals surface area (Å²) in [5, 5.41) is 6.62. The molecule has 2 heterocycles. The van der Waals surface area contributed by atoms with Crippen LogP contribution in [-0.2, 0) is 13.1 Å². The summed E-state index contributed by atoms with van der Waals surface area (Å²) in [6.07, 6.45) is 5.74. The van der Waals surface area contributed by atoms with E-state index in [-0.39, 0.29) is 5.91 Å². The van der Waals surface area contributed by atoms with Crippen LogP contribution in [0.5, 0.6) is 0 Å². The van der Waals surface area contributed by atoms with E-state index in [4.69, 9.17) is 0 Å². The van der Waals surface area contributed by atoms with E-state index in [2.05, 4.69) is 63.0 Å². The van der Waals surface area contributed by atoms with E-state index in [1.165, 1.54) is 11.3 Å². The number of anilines is 1. The van der Waals surface area contributed by atoms with Gasteiger partial charge < -0.3 is 15.5 Å². The van der Waals surface area contributed by atoms with Gasteiger partial charge in [-0.15, -0.1) is 0 Å². The van der Waals surface area contributed by atoms with E-state index in [0.29, 0.717) is 18.2 Å². The molecule has 0 aliphatic carbocycles. The summed E-state index contributed by atoms with van der Waals surface area (Å²) in [6.45, 7) is 3.46. The summed E-state index contributed by atoms with van der Waals surface area (Å²) in [7, 11) is 0. The lowest BCUT2D eigenvalue weighted by molar-refractivity contribution is 0.0951. The summed E-state index contributed by atoms with van der Waals surface area (Å²) in [4.78, 5) is 18.9. The summed E-state index contributed by atoms with van der Waals surface area (Å²) in [5.74, 6) is -0.0609. The minimum absolute atomic E-state index is 0.0609. The third kappa shape index (κ3) is 5.45. The second-order valence-electron chi connectivity index (χ2n) is 7.72. The molecule has 0 unspecified atom stereocenters. The van der Waals surface area contributed by atoms with E-state index < -0.39 is 0 Å². The molecule has 1 amide bonds. The molecule has 0 saturated carbocycles. The number of amides is 1. The fraction of sp³-hybridized carbons (Fsp3) is 0.280. The zero-order valence-corrected chi connectivity index (χ0v) is 17.1. The van der Waals surface area contributed by atoms with Crippen LogP contribution in [0, 0.1) is 0 Å². The highest BCUT2D eigenvalue weighted by Crippen LogP contribution is 2.21. The van der Waals surface area contributed by atoms with Crippen molar-refractivity contribution >= 4 is 11.6 Å². The lowest BCUT2D eigenvalue weighted by Gasteiger charge is -2.34. The molecule has 1 aromatic heterocycles. The summed E-state index contributed by atoms with van der Waals surface area (Å²) < 4.78 is 0. The monoisotopic (exact) mass is 400 g/mol. The molecule has 0 atom stereocenters. The Balaban J connectivity index is 1.24. The number of benzene rings is 2. The van der Waals surface area contributed by atoms with Gasteiger partial charge in [-0.25, -0.2) is 0 Å². The van der Waals surface area contributed by atoms with Gasteiger partial charge in [-0.1, -0.05) is 36.4 Å². The van der Waals surface area contributed by atoms with Crippen LogP contribution in [0.2, 0.25) is 0 Å². The standard InChI is InChI=1S/C25H28N4O/c30-25(28-19-21-7-4-14-26-17-21)22-8-10-24(11-9-22)29-15-12-23(13-16-29)27-18-20-5-2-1-3-6-20/h1-11,14,17,23,27H,12-13,15-16,18-19H2,(H,28,30). The minimum Gasteiger partial charge on any atom is -0.371 e. The SMILES string of the molecule is O=C(NCc1cccnc1)c1ccc(N2CCC(NCc3ccccc3)CC2)cc1. The van der Waals surface area contributed by atoms with Crippen molar-refractivity contribution in [2.75, 3.05) is 18.0 Å². The molecular formula is C25H28N4O. The third-order valence-corrected chi connectivity index (χ3v) is 5.60. The molecule has 1 aliphatic rings. The van der Waals surface area contributed by atoms with Crippen LogP contribution < -0.4 is 15.5 Å². The molecule has 5 heteroatoms. The number of pyridine rings is 1. The first-order valence-corrected chi connectivity index (χ1v) is 10.6. The van der Waals surface area contributed by atoms with Crippen LogP contribution >= 0.6 is 0 Å². The summed E-state index contributed by atoms with van der Waals surface area (Å²) in [6, 6.07) is 22.9. The topological polar surface area (TPSA) is 57.3 Å². The number of nitrogens with zero attached hydrogens (tertiary/aromatic N) is 2. The van der Waals surface area contributed by atoms with Crippen LogP contribution in [0.4, 0.5) is 5.69 Å². The molecular weight excluding hydrogens is 372 g/mol. The number of carbonyl (C=O) groups is 1. The molecule has 1 saturated heterocycles. The highest BCUT2D eigenvalue weighted by atomic mass is 16.1. The summed E-state index contributed by atoms with van der Waals surface area (Å²) >= 11 is 0. The Hall–Kier alpha value is -3.18. The molecule has 2 N–H and O–H groups in total. The Morgan fingerprint density at radius 1 is 0.900 bits per heavy atom. The molecule has 4 rings (SSSR count). The van der Waals surface area contributed by atoms with Crippen LogP contribution in [-0.4, -0.2) is 30.0 Å². The van der Waals surface area contributed by atoms with Crippen molar-refractivity contribution in [3.8, 4) is 0 Å². The molecule has 154 valence electrons. The maximum atomic E-state index is 12.4. The smallest absolute Gasteiger partial charge is 0.251 e. The van der Waals surface area contributed by atoms with Gasteiger partial charge in [0.2, 0.25) is 0 Å². The maximum Gasteiger partial charge on any atom is 0.251 e. The predicted octanol–water partition coefficient (Wildman–Crippen LogP) is 3.77. The van der Waals surface area contributed by atoms with Gasteiger partial charge >= 0.3 is 0 Å². The molecule has 1 aliphatic heterocycles. The fourth-order valence-corrected chi connectivity index (χ4v) is 3.81. The van der Waals surface area contributed by atoms with Crippen molar-refractivity contribution < 1.29 is 4.79 Å². The average molecular weight is 401 g/mol. The quantitative estimate of drug-likeness (QED) is 0.634. The van der Waals surface area contributed by atoms with Crippen molar-refractivity contribution in [1.82, 2.24) is 15.6 Å². The van der Waals surface area contributed by atoms with Gasteiger partial charge in [-0.05, 0) is 54.3 Å². The van der Waals surface area contributed by atoms with Crippen LogP contribution in [0.25, 0.3) is 0 Å². The van der Waals surface area contributed by atoms with Gasteiger partial charge in [0.05, 0.1) is 0 Å². The zero-order chi connectivity index (χ0) is 20.6. The number of piperidine rings is 1. The van der Waals surface area contributed by atoms with E-state index in [1.54, 1.807) is 12.4 Å². The first kappa shape index (κ1) is 20.1. The van der Waals surface area contributed by atoms with E-state index in [0.717, 1.165) is 38.0 Å². The van der Waals surface area contributed by atoms with Gasteiger partial charge in [0.25, 0.3) is 5.91 Å². The Morgan fingerprint density at radius 2 is 1.63 bits per heavy atom. The van der Waals surface area contributed by atoms with Crippen molar-refractivity contribution in [2.45, 2.75) is 32.0 Å². The second kappa shape index (κ2) is 10.0. The van der Waals surface area contributed by atoms with Crippen molar-refractivity contribution in [2.24, 2.45) is 0 Å². The molecule has 0 radical (unpaired) electrons. The normalized spacial score (nSPS) is 14.5. The van der Waals surface area contributed by atoms with Gasteiger partial charge in [0, 0.05) is 55.9 Å². The summed E-state index contributed by atoms with van der Waals surface area (Å²) in [5.41, 5.74) is 4.19. The van der Waals surface area contributed by atoms with Crippen LogP contribution in [0.15, 0.2) is 79.1 Å². The number of hydrogen-bond donors (Lipinski definition) is 2. The molecule has 1 fully saturated rings. The number of rotatable bonds is 7. The molecule has 3 aromatic rings. The van der Waals surface area contributed by atoms with E-state index in [1.807, 2.05) is 24.3 Å². The van der Waals surface area contributed by atoms with E-state index in [9.17, 15) is 4.79 Å². The Labute approximate surface area is 178 Å². The number of carbonyl (C=O) groups excluding carboxylic acids is 1. The molecule has 2 aromatic carbocycles. The molecule has 0 bridgehead atoms. The lowest BCUT2D eigenvalue weighted by atomic mass is 10.0. The van der Waals surface area contributed by atoms with E-state index >= 15 is 0 Å². The number of nitrogens with one attached hydrogen (secondary N) is 2. The van der Waals surface area contributed by atoms with Gasteiger partial charge in [-0.3, -0.25) is 9.78 Å². The first-order chi connectivity index (χ1) is 14.8. The maximum absolute atomic E-state index is 12.4. The largest absolute Gasteiger partial charge is 0.371 e. The lowest BCUT2D eigenvalue weighted by Crippen LogP contribution is -2.42. The highest BCUT2D eigenvalue weighted by Gasteiger charge is 2.19. The van der Waals surface area contributed by atoms with Crippen LogP contribution in [0.1, 0.15) is 34.3 Å². The molecule has 0 spiro atoms. The predicted molar refractivity (Wildman–Crippen MR) is 120 cm³/mol. The van der Waals surface area contributed by atoms with Gasteiger partial charge in [-0.2, -0.15) is 0 Å². The Kier molecular flexibility index (Phi) is 6.72. The average Bonchev–Trinajstić information content (AvgIpc) is 2.83. The van der Waals surface area contributed by atoms with Crippen LogP contribution in [0.3, 0.4) is 0 Å². The highest BCUT2D eigenvalue weighted by molar-refractivity contribution is 5.94.